The van der Waals surface area contributed by atoms with E-state index in [2.05, 4.69) is 5.32 Å². The van der Waals surface area contributed by atoms with E-state index in [0.29, 0.717) is 25.3 Å². The number of aliphatic hydroxyl groups is 1. The number of hydrogen-bond acceptors (Lipinski definition) is 3. The molecule has 2 aliphatic carbocycles. The normalized spacial score (nSPS) is 51.2. The van der Waals surface area contributed by atoms with Crippen LogP contribution in [0.4, 0.5) is 9.18 Å². The molecule has 1 saturated heterocycles. The Morgan fingerprint density at radius 3 is 2.69 bits per heavy atom. The predicted molar refractivity (Wildman–Crippen MR) is 53.6 cm³/mol. The molecule has 2 N–H and O–H groups in total. The third-order valence-corrected chi connectivity index (χ3v) is 4.29. The number of carbonyl (C=O) groups is 1. The van der Waals surface area contributed by atoms with Crippen LogP contribution in [0.3, 0.4) is 0 Å². The summed E-state index contributed by atoms with van der Waals surface area (Å²) in [6, 6.07) is 0. The highest BCUT2D eigenvalue weighted by Gasteiger charge is 2.53. The van der Waals surface area contributed by atoms with Gasteiger partial charge >= 0.3 is 6.09 Å². The maximum atomic E-state index is 13.4. The van der Waals surface area contributed by atoms with Gasteiger partial charge in [-0.15, -0.1) is 0 Å². The number of rotatable bonds is 0. The van der Waals surface area contributed by atoms with Crippen LogP contribution in [0, 0.1) is 11.8 Å². The van der Waals surface area contributed by atoms with Crippen LogP contribution in [0.5, 0.6) is 0 Å². The van der Waals surface area contributed by atoms with Gasteiger partial charge in [-0.2, -0.15) is 0 Å². The Balaban J connectivity index is 1.74. The van der Waals surface area contributed by atoms with Gasteiger partial charge in [-0.3, -0.25) is 0 Å². The molecule has 16 heavy (non-hydrogen) atoms. The van der Waals surface area contributed by atoms with Crippen LogP contribution in [0.25, 0.3) is 0 Å². The summed E-state index contributed by atoms with van der Waals surface area (Å²) in [6.07, 6.45) is 0.110. The Bertz CT molecular complexity index is 304. The molecule has 1 aliphatic heterocycles. The van der Waals surface area contributed by atoms with Crippen molar-refractivity contribution in [3.05, 3.63) is 0 Å². The van der Waals surface area contributed by atoms with E-state index in [1.54, 1.807) is 0 Å². The number of alkyl halides is 1. The number of halogens is 1. The molecule has 1 spiro atoms. The number of fused-ring (bicyclic) bond motifs is 1. The molecule has 4 nitrogen and oxygen atoms in total. The van der Waals surface area contributed by atoms with E-state index in [0.717, 1.165) is 12.8 Å². The summed E-state index contributed by atoms with van der Waals surface area (Å²) in [5.41, 5.74) is -0.420. The highest BCUT2D eigenvalue weighted by molar-refractivity contribution is 5.70. The van der Waals surface area contributed by atoms with E-state index < -0.39 is 17.9 Å². The molecule has 3 unspecified atom stereocenters. The molecule has 3 rings (SSSR count). The summed E-state index contributed by atoms with van der Waals surface area (Å²) in [5.74, 6) is 0.556. The van der Waals surface area contributed by atoms with E-state index in [-0.39, 0.29) is 12.0 Å². The first-order valence-electron chi connectivity index (χ1n) is 5.87. The summed E-state index contributed by atoms with van der Waals surface area (Å²) >= 11 is 0. The number of alkyl carbamates (subject to hydrolysis) is 1. The Morgan fingerprint density at radius 2 is 2.06 bits per heavy atom. The molecule has 3 aliphatic rings. The second kappa shape index (κ2) is 3.32. The van der Waals surface area contributed by atoms with Crippen LogP contribution in [-0.2, 0) is 4.74 Å². The van der Waals surface area contributed by atoms with Crippen LogP contribution in [-0.4, -0.2) is 35.6 Å². The summed E-state index contributed by atoms with van der Waals surface area (Å²) in [6.45, 7) is 0.534. The summed E-state index contributed by atoms with van der Waals surface area (Å²) in [7, 11) is 0. The zero-order valence-corrected chi connectivity index (χ0v) is 8.99. The zero-order chi connectivity index (χ0) is 11.3. The van der Waals surface area contributed by atoms with Gasteiger partial charge in [0.05, 0.1) is 12.6 Å². The number of ether oxygens (including phenoxy) is 1. The molecule has 1 amide bonds. The Kier molecular flexibility index (Phi) is 2.14. The molecule has 0 aromatic rings. The Hall–Kier alpha value is -0.840. The highest BCUT2D eigenvalue weighted by Crippen LogP contribution is 2.50. The lowest BCUT2D eigenvalue weighted by Gasteiger charge is -2.31. The van der Waals surface area contributed by atoms with E-state index in [1.165, 1.54) is 0 Å². The number of nitrogens with one attached hydrogen (secondary N) is 1. The summed E-state index contributed by atoms with van der Waals surface area (Å²) < 4.78 is 18.7. The van der Waals surface area contributed by atoms with E-state index in [4.69, 9.17) is 4.74 Å². The summed E-state index contributed by atoms with van der Waals surface area (Å²) in [5, 5.41) is 12.2. The van der Waals surface area contributed by atoms with Crippen LogP contribution < -0.4 is 5.32 Å². The first-order chi connectivity index (χ1) is 7.58. The Morgan fingerprint density at radius 1 is 1.38 bits per heavy atom. The van der Waals surface area contributed by atoms with Crippen molar-refractivity contribution < 1.29 is 19.0 Å². The molecule has 90 valence electrons. The first kappa shape index (κ1) is 10.3. The van der Waals surface area contributed by atoms with Crippen molar-refractivity contribution in [2.45, 2.75) is 43.6 Å². The van der Waals surface area contributed by atoms with Crippen molar-refractivity contribution >= 4 is 6.09 Å². The second-order valence-electron chi connectivity index (χ2n) is 5.41. The minimum Gasteiger partial charge on any atom is -0.441 e. The van der Waals surface area contributed by atoms with Crippen molar-refractivity contribution in [1.29, 1.82) is 0 Å². The van der Waals surface area contributed by atoms with Gasteiger partial charge in [-0.05, 0) is 37.5 Å². The molecule has 0 aromatic carbocycles. The van der Waals surface area contributed by atoms with E-state index in [9.17, 15) is 14.3 Å². The highest BCUT2D eigenvalue weighted by atomic mass is 19.1. The SMILES string of the molecule is O=C1NCC2(CC3C[C@H](F)C(O)C[C@H]3C2)O1. The molecule has 5 heteroatoms. The fourth-order valence-corrected chi connectivity index (χ4v) is 3.56. The molecule has 3 fully saturated rings. The van der Waals surface area contributed by atoms with Gasteiger partial charge < -0.3 is 15.2 Å². The van der Waals surface area contributed by atoms with Gasteiger partial charge in [0.25, 0.3) is 0 Å². The average Bonchev–Trinajstić information content (AvgIpc) is 2.71. The molecule has 2 saturated carbocycles. The molecule has 1 heterocycles. The maximum absolute atomic E-state index is 13.4. The predicted octanol–water partition coefficient (Wildman–Crippen LogP) is 0.984. The fourth-order valence-electron chi connectivity index (χ4n) is 3.56. The summed E-state index contributed by atoms with van der Waals surface area (Å²) in [4.78, 5) is 11.1. The van der Waals surface area contributed by atoms with Gasteiger partial charge in [-0.1, -0.05) is 0 Å². The number of hydrogen-bond donors (Lipinski definition) is 2. The van der Waals surface area contributed by atoms with Crippen molar-refractivity contribution in [3.8, 4) is 0 Å². The van der Waals surface area contributed by atoms with Crippen LogP contribution in [0.2, 0.25) is 0 Å². The minimum absolute atomic E-state index is 0.256. The maximum Gasteiger partial charge on any atom is 0.407 e. The number of amides is 1. The average molecular weight is 229 g/mol. The van der Waals surface area contributed by atoms with Crippen molar-refractivity contribution in [1.82, 2.24) is 5.32 Å². The minimum atomic E-state index is -1.11. The lowest BCUT2D eigenvalue weighted by atomic mass is 9.79. The third kappa shape index (κ3) is 1.49. The van der Waals surface area contributed by atoms with E-state index in [1.807, 2.05) is 0 Å². The monoisotopic (exact) mass is 229 g/mol. The fraction of sp³-hybridized carbons (Fsp3) is 0.909. The van der Waals surface area contributed by atoms with Crippen LogP contribution in [0.15, 0.2) is 0 Å². The van der Waals surface area contributed by atoms with Gasteiger partial charge in [0.15, 0.2) is 0 Å². The molecule has 0 radical (unpaired) electrons. The lowest BCUT2D eigenvalue weighted by Crippen LogP contribution is -2.34. The molecular weight excluding hydrogens is 213 g/mol. The van der Waals surface area contributed by atoms with Gasteiger partial charge in [0.2, 0.25) is 0 Å². The quantitative estimate of drug-likeness (QED) is 0.651. The zero-order valence-electron chi connectivity index (χ0n) is 8.99. The van der Waals surface area contributed by atoms with Gasteiger partial charge in [-0.25, -0.2) is 9.18 Å². The van der Waals surface area contributed by atoms with Crippen molar-refractivity contribution in [3.63, 3.8) is 0 Å². The van der Waals surface area contributed by atoms with Gasteiger partial charge in [0.1, 0.15) is 11.8 Å². The van der Waals surface area contributed by atoms with Crippen LogP contribution in [0.1, 0.15) is 25.7 Å². The molecule has 5 atom stereocenters. The number of carbonyl (C=O) groups excluding carboxylic acids is 1. The van der Waals surface area contributed by atoms with Crippen molar-refractivity contribution in [2.24, 2.45) is 11.8 Å². The second-order valence-corrected chi connectivity index (χ2v) is 5.41. The topological polar surface area (TPSA) is 58.6 Å². The smallest absolute Gasteiger partial charge is 0.407 e. The van der Waals surface area contributed by atoms with Gasteiger partial charge in [0, 0.05) is 0 Å². The van der Waals surface area contributed by atoms with Crippen LogP contribution >= 0.6 is 0 Å². The number of aliphatic hydroxyl groups excluding tert-OH is 1. The third-order valence-electron chi connectivity index (χ3n) is 4.29. The Labute approximate surface area is 93.2 Å². The van der Waals surface area contributed by atoms with E-state index >= 15 is 0 Å². The standard InChI is InChI=1S/C11H16FNO3/c12-8-1-6-3-11(5-13-10(15)16-11)4-7(6)2-9(8)14/h6-9,14H,1-5H2,(H,13,15)/t6?,7-,8-,9?,11?/m0/s1. The molecule has 0 aromatic heterocycles. The first-order valence-corrected chi connectivity index (χ1v) is 5.87. The lowest BCUT2D eigenvalue weighted by molar-refractivity contribution is 0.00432. The van der Waals surface area contributed by atoms with Crippen molar-refractivity contribution in [2.75, 3.05) is 6.54 Å². The molecular formula is C11H16FNO3. The molecule has 0 bridgehead atoms. The largest absolute Gasteiger partial charge is 0.441 e.